The zero-order valence-corrected chi connectivity index (χ0v) is 17.7. The van der Waals surface area contributed by atoms with Crippen LogP contribution in [-0.2, 0) is 7.05 Å². The summed E-state index contributed by atoms with van der Waals surface area (Å²) in [5.41, 5.74) is 8.20. The summed E-state index contributed by atoms with van der Waals surface area (Å²) in [5.74, 6) is -0.265. The number of aromatic amines is 2. The number of nitrogens with zero attached hydrogens (tertiary/aromatic N) is 4. The van der Waals surface area contributed by atoms with Gasteiger partial charge >= 0.3 is 0 Å². The van der Waals surface area contributed by atoms with Gasteiger partial charge < -0.3 is 4.98 Å². The summed E-state index contributed by atoms with van der Waals surface area (Å²) in [7, 11) is 1.89. The highest BCUT2D eigenvalue weighted by molar-refractivity contribution is 5.94. The Labute approximate surface area is 184 Å². The molecule has 1 aromatic carbocycles. The highest BCUT2D eigenvalue weighted by Crippen LogP contribution is 2.33. The van der Waals surface area contributed by atoms with Crippen LogP contribution in [0.15, 0.2) is 73.7 Å². The van der Waals surface area contributed by atoms with Crippen LogP contribution in [0.2, 0.25) is 0 Å². The number of aryl methyl sites for hydroxylation is 2. The van der Waals surface area contributed by atoms with Gasteiger partial charge in [-0.25, -0.2) is 9.37 Å². The second-order valence-corrected chi connectivity index (χ2v) is 7.64. The molecule has 5 rings (SSSR count). The Morgan fingerprint density at radius 3 is 2.66 bits per heavy atom. The molecule has 32 heavy (non-hydrogen) atoms. The van der Waals surface area contributed by atoms with Crippen molar-refractivity contribution in [3.05, 3.63) is 96.4 Å². The lowest BCUT2D eigenvalue weighted by Gasteiger charge is -2.07. The molecule has 0 spiro atoms. The van der Waals surface area contributed by atoms with Crippen LogP contribution < -0.4 is 0 Å². The van der Waals surface area contributed by atoms with Crippen LogP contribution in [0.5, 0.6) is 0 Å². The van der Waals surface area contributed by atoms with Crippen molar-refractivity contribution in [2.45, 2.75) is 6.92 Å². The lowest BCUT2D eigenvalue weighted by Crippen LogP contribution is -1.89. The number of nitrogens with one attached hydrogen (secondary N) is 2. The zero-order valence-electron chi connectivity index (χ0n) is 17.7. The third kappa shape index (κ3) is 3.43. The van der Waals surface area contributed by atoms with Crippen molar-refractivity contribution in [1.82, 2.24) is 29.9 Å². The molecule has 0 atom stereocenters. The number of halogens is 1. The van der Waals surface area contributed by atoms with Crippen molar-refractivity contribution in [3.63, 3.8) is 0 Å². The van der Waals surface area contributed by atoms with Gasteiger partial charge in [0.1, 0.15) is 5.82 Å². The van der Waals surface area contributed by atoms with Crippen molar-refractivity contribution < 1.29 is 4.39 Å². The van der Waals surface area contributed by atoms with Gasteiger partial charge in [0.05, 0.1) is 17.6 Å². The second kappa shape index (κ2) is 7.77. The third-order valence-electron chi connectivity index (χ3n) is 5.46. The SMILES string of the molecule is C=C/C=C(/c1ccc(F)cc1)c1cc(-c2[nH]nc3ncc(-c4cnn(C)c4)cc23)[nH]c1C. The fraction of sp³-hybridized carbons (Fsp3) is 0.0800. The van der Waals surface area contributed by atoms with Crippen LogP contribution in [0.1, 0.15) is 16.8 Å². The van der Waals surface area contributed by atoms with Gasteiger partial charge in [0.2, 0.25) is 0 Å². The second-order valence-electron chi connectivity index (χ2n) is 7.64. The number of hydrogen-bond acceptors (Lipinski definition) is 3. The Morgan fingerprint density at radius 2 is 1.94 bits per heavy atom. The molecule has 0 aliphatic carbocycles. The molecule has 7 heteroatoms. The van der Waals surface area contributed by atoms with Gasteiger partial charge in [-0.05, 0) is 42.3 Å². The van der Waals surface area contributed by atoms with E-state index >= 15 is 0 Å². The fourth-order valence-corrected chi connectivity index (χ4v) is 3.89. The maximum absolute atomic E-state index is 13.4. The molecule has 0 unspecified atom stereocenters. The van der Waals surface area contributed by atoms with Crippen molar-refractivity contribution in [2.24, 2.45) is 7.05 Å². The normalized spacial score (nSPS) is 11.9. The van der Waals surface area contributed by atoms with Crippen LogP contribution in [0.25, 0.3) is 39.1 Å². The topological polar surface area (TPSA) is 75.2 Å². The molecule has 0 amide bonds. The number of pyridine rings is 1. The number of H-pyrrole nitrogens is 2. The first kappa shape index (κ1) is 19.7. The predicted molar refractivity (Wildman–Crippen MR) is 124 cm³/mol. The first-order valence-corrected chi connectivity index (χ1v) is 10.2. The van der Waals surface area contributed by atoms with E-state index in [0.717, 1.165) is 50.3 Å². The molecule has 2 N–H and O–H groups in total. The summed E-state index contributed by atoms with van der Waals surface area (Å²) in [6.07, 6.45) is 9.23. The van der Waals surface area contributed by atoms with Crippen molar-refractivity contribution in [3.8, 4) is 22.5 Å². The molecule has 0 radical (unpaired) electrons. The van der Waals surface area contributed by atoms with E-state index in [4.69, 9.17) is 0 Å². The predicted octanol–water partition coefficient (Wildman–Crippen LogP) is 5.42. The quantitative estimate of drug-likeness (QED) is 0.370. The molecule has 0 saturated carbocycles. The van der Waals surface area contributed by atoms with E-state index in [1.54, 1.807) is 29.1 Å². The highest BCUT2D eigenvalue weighted by atomic mass is 19.1. The van der Waals surface area contributed by atoms with E-state index in [-0.39, 0.29) is 5.82 Å². The zero-order chi connectivity index (χ0) is 22.2. The minimum absolute atomic E-state index is 0.265. The fourth-order valence-electron chi connectivity index (χ4n) is 3.89. The van der Waals surface area contributed by atoms with E-state index < -0.39 is 0 Å². The lowest BCUT2D eigenvalue weighted by molar-refractivity contribution is 0.627. The monoisotopic (exact) mass is 424 g/mol. The van der Waals surface area contributed by atoms with Crippen LogP contribution in [0, 0.1) is 12.7 Å². The van der Waals surface area contributed by atoms with Crippen LogP contribution >= 0.6 is 0 Å². The Bertz CT molecular complexity index is 1470. The summed E-state index contributed by atoms with van der Waals surface area (Å²) in [6.45, 7) is 5.86. The summed E-state index contributed by atoms with van der Waals surface area (Å²) in [5, 5.41) is 12.7. The smallest absolute Gasteiger partial charge is 0.181 e. The molecular weight excluding hydrogens is 403 g/mol. The molecule has 0 aliphatic heterocycles. The number of fused-ring (bicyclic) bond motifs is 1. The molecule has 4 heterocycles. The molecular formula is C25H21FN6. The Morgan fingerprint density at radius 1 is 1.12 bits per heavy atom. The Kier molecular flexibility index (Phi) is 4.78. The Balaban J connectivity index is 1.60. The van der Waals surface area contributed by atoms with E-state index in [1.807, 2.05) is 32.4 Å². The van der Waals surface area contributed by atoms with Crippen LogP contribution in [0.4, 0.5) is 4.39 Å². The number of allylic oxidation sites excluding steroid dienone is 2. The van der Waals surface area contributed by atoms with Crippen LogP contribution in [0.3, 0.4) is 0 Å². The standard InChI is InChI=1S/C25H21FN6/c1-4-5-20(16-6-8-19(26)9-7-16)21-11-23(29-15(21)2)24-22-10-17(12-27-25(22)31-30-24)18-13-28-32(3)14-18/h4-14,29H,1H2,2-3H3,(H,27,30,31)/b20-5-. The summed E-state index contributed by atoms with van der Waals surface area (Å²) in [4.78, 5) is 7.97. The first-order valence-electron chi connectivity index (χ1n) is 10.2. The molecule has 5 aromatic rings. The summed E-state index contributed by atoms with van der Waals surface area (Å²) < 4.78 is 15.2. The van der Waals surface area contributed by atoms with E-state index in [1.165, 1.54) is 12.1 Å². The largest absolute Gasteiger partial charge is 0.357 e. The van der Waals surface area contributed by atoms with Crippen molar-refractivity contribution >= 4 is 16.6 Å². The first-order chi connectivity index (χ1) is 15.5. The van der Waals surface area contributed by atoms with Crippen LogP contribution in [-0.4, -0.2) is 29.9 Å². The minimum atomic E-state index is -0.265. The maximum Gasteiger partial charge on any atom is 0.181 e. The molecule has 0 aliphatic rings. The lowest BCUT2D eigenvalue weighted by atomic mass is 9.97. The number of hydrogen-bond donors (Lipinski definition) is 2. The molecule has 0 saturated heterocycles. The average molecular weight is 424 g/mol. The molecule has 0 fully saturated rings. The molecule has 0 bridgehead atoms. The maximum atomic E-state index is 13.4. The summed E-state index contributed by atoms with van der Waals surface area (Å²) >= 11 is 0. The van der Waals surface area contributed by atoms with E-state index in [0.29, 0.717) is 5.65 Å². The van der Waals surface area contributed by atoms with Crippen molar-refractivity contribution in [1.29, 1.82) is 0 Å². The van der Waals surface area contributed by atoms with Crippen molar-refractivity contribution in [2.75, 3.05) is 0 Å². The highest BCUT2D eigenvalue weighted by Gasteiger charge is 2.17. The van der Waals surface area contributed by atoms with Gasteiger partial charge in [-0.15, -0.1) is 0 Å². The average Bonchev–Trinajstić information content (AvgIpc) is 3.50. The minimum Gasteiger partial charge on any atom is -0.357 e. The van der Waals surface area contributed by atoms with Gasteiger partial charge in [0.25, 0.3) is 0 Å². The van der Waals surface area contributed by atoms with Gasteiger partial charge in [-0.2, -0.15) is 10.2 Å². The third-order valence-corrected chi connectivity index (χ3v) is 5.46. The number of rotatable bonds is 5. The molecule has 4 aromatic heterocycles. The Hall–Kier alpha value is -4.26. The van der Waals surface area contributed by atoms with Gasteiger partial charge in [-0.3, -0.25) is 9.78 Å². The van der Waals surface area contributed by atoms with Gasteiger partial charge in [0.15, 0.2) is 5.65 Å². The number of benzene rings is 1. The number of aromatic nitrogens is 6. The van der Waals surface area contributed by atoms with E-state index in [2.05, 4.69) is 44.0 Å². The van der Waals surface area contributed by atoms with Gasteiger partial charge in [-0.1, -0.05) is 30.9 Å². The van der Waals surface area contributed by atoms with E-state index in [9.17, 15) is 4.39 Å². The molecule has 158 valence electrons. The summed E-state index contributed by atoms with van der Waals surface area (Å²) in [6, 6.07) is 10.6. The van der Waals surface area contributed by atoms with Gasteiger partial charge in [0, 0.05) is 47.2 Å². The molecule has 6 nitrogen and oxygen atoms in total.